The molecule has 0 heterocycles. The summed E-state index contributed by atoms with van der Waals surface area (Å²) in [4.78, 5) is -0.265. The summed E-state index contributed by atoms with van der Waals surface area (Å²) in [6, 6.07) is 5.48. The average molecular weight is 285 g/mol. The van der Waals surface area contributed by atoms with Gasteiger partial charge in [-0.2, -0.15) is 0 Å². The first-order chi connectivity index (χ1) is 8.99. The van der Waals surface area contributed by atoms with Crippen LogP contribution in [-0.4, -0.2) is 15.0 Å². The number of benzene rings is 1. The molecular formula is C14H20FNO2S. The van der Waals surface area contributed by atoms with Crippen LogP contribution in [0.3, 0.4) is 0 Å². The zero-order valence-electron chi connectivity index (χ0n) is 11.2. The minimum Gasteiger partial charge on any atom is -0.211 e. The zero-order chi connectivity index (χ0) is 13.9. The molecule has 1 aliphatic rings. The van der Waals surface area contributed by atoms with Crippen molar-refractivity contribution in [3.63, 3.8) is 0 Å². The normalized spacial score (nSPS) is 18.6. The molecule has 0 saturated heterocycles. The van der Waals surface area contributed by atoms with Crippen molar-refractivity contribution >= 4 is 10.0 Å². The third kappa shape index (κ3) is 3.15. The van der Waals surface area contributed by atoms with Crippen LogP contribution in [0.25, 0.3) is 0 Å². The second-order valence-electron chi connectivity index (χ2n) is 5.32. The molecule has 0 unspecified atom stereocenters. The number of rotatable bonds is 5. The summed E-state index contributed by atoms with van der Waals surface area (Å²) >= 11 is 0. The van der Waals surface area contributed by atoms with Crippen LogP contribution in [0, 0.1) is 11.2 Å². The van der Waals surface area contributed by atoms with Crippen LogP contribution in [-0.2, 0) is 10.0 Å². The molecule has 0 aliphatic heterocycles. The highest BCUT2D eigenvalue weighted by molar-refractivity contribution is 7.89. The molecule has 1 aromatic carbocycles. The Morgan fingerprint density at radius 2 is 1.89 bits per heavy atom. The van der Waals surface area contributed by atoms with Crippen LogP contribution in [0.5, 0.6) is 0 Å². The molecule has 0 atom stereocenters. The lowest BCUT2D eigenvalue weighted by Gasteiger charge is -2.27. The Kier molecular flexibility index (Phi) is 4.26. The topological polar surface area (TPSA) is 46.2 Å². The smallest absolute Gasteiger partial charge is 0.211 e. The fourth-order valence-corrected chi connectivity index (χ4v) is 4.00. The molecule has 0 radical (unpaired) electrons. The van der Waals surface area contributed by atoms with E-state index in [-0.39, 0.29) is 10.3 Å². The van der Waals surface area contributed by atoms with Crippen molar-refractivity contribution in [1.29, 1.82) is 0 Å². The van der Waals surface area contributed by atoms with E-state index >= 15 is 0 Å². The maximum absolute atomic E-state index is 13.5. The van der Waals surface area contributed by atoms with Crippen molar-refractivity contribution in [2.45, 2.75) is 43.9 Å². The number of halogens is 1. The van der Waals surface area contributed by atoms with Gasteiger partial charge in [0.25, 0.3) is 0 Å². The van der Waals surface area contributed by atoms with E-state index in [9.17, 15) is 12.8 Å². The molecule has 19 heavy (non-hydrogen) atoms. The summed E-state index contributed by atoms with van der Waals surface area (Å²) < 4.78 is 40.4. The van der Waals surface area contributed by atoms with Gasteiger partial charge in [-0.1, -0.05) is 31.9 Å². The van der Waals surface area contributed by atoms with E-state index in [4.69, 9.17) is 0 Å². The summed E-state index contributed by atoms with van der Waals surface area (Å²) in [6.07, 6.45) is 5.34. The Morgan fingerprint density at radius 3 is 2.47 bits per heavy atom. The molecule has 1 aliphatic carbocycles. The summed E-state index contributed by atoms with van der Waals surface area (Å²) in [6.45, 7) is 2.49. The first-order valence-electron chi connectivity index (χ1n) is 6.73. The van der Waals surface area contributed by atoms with Gasteiger partial charge in [-0.3, -0.25) is 0 Å². The zero-order valence-corrected chi connectivity index (χ0v) is 12.0. The van der Waals surface area contributed by atoms with Gasteiger partial charge in [-0.05, 0) is 36.8 Å². The molecule has 1 aromatic rings. The van der Waals surface area contributed by atoms with Crippen molar-refractivity contribution in [2.75, 3.05) is 6.54 Å². The largest absolute Gasteiger partial charge is 0.243 e. The molecular weight excluding hydrogens is 265 g/mol. The minimum atomic E-state index is -3.75. The Balaban J connectivity index is 2.12. The number of hydrogen-bond donors (Lipinski definition) is 1. The summed E-state index contributed by atoms with van der Waals surface area (Å²) in [5.41, 5.74) is 0.0539. The number of hydrogen-bond acceptors (Lipinski definition) is 2. The predicted octanol–water partition coefficient (Wildman–Crippen LogP) is 3.07. The van der Waals surface area contributed by atoms with Gasteiger partial charge in [0.1, 0.15) is 10.7 Å². The van der Waals surface area contributed by atoms with Crippen molar-refractivity contribution < 1.29 is 12.8 Å². The van der Waals surface area contributed by atoms with E-state index in [0.29, 0.717) is 6.54 Å². The summed E-state index contributed by atoms with van der Waals surface area (Å²) in [5, 5.41) is 0. The van der Waals surface area contributed by atoms with Crippen LogP contribution in [0.1, 0.15) is 39.0 Å². The molecule has 5 heteroatoms. The Labute approximate surface area is 114 Å². The molecule has 0 bridgehead atoms. The fraction of sp³-hybridized carbons (Fsp3) is 0.571. The first-order valence-corrected chi connectivity index (χ1v) is 8.22. The van der Waals surface area contributed by atoms with Crippen LogP contribution in [0.15, 0.2) is 29.2 Å². The van der Waals surface area contributed by atoms with Crippen LogP contribution in [0.2, 0.25) is 0 Å². The van der Waals surface area contributed by atoms with Gasteiger partial charge in [0.05, 0.1) is 0 Å². The molecule has 3 nitrogen and oxygen atoms in total. The molecule has 1 saturated carbocycles. The van der Waals surface area contributed by atoms with Gasteiger partial charge in [0, 0.05) is 6.54 Å². The van der Waals surface area contributed by atoms with Gasteiger partial charge >= 0.3 is 0 Å². The highest BCUT2D eigenvalue weighted by atomic mass is 32.2. The lowest BCUT2D eigenvalue weighted by Crippen LogP contribution is -2.35. The minimum absolute atomic E-state index is 0.0539. The summed E-state index contributed by atoms with van der Waals surface area (Å²) in [5.74, 6) is -0.702. The lowest BCUT2D eigenvalue weighted by molar-refractivity contribution is 0.285. The van der Waals surface area contributed by atoms with E-state index < -0.39 is 15.8 Å². The standard InChI is InChI=1S/C14H20FNO2S/c1-2-14(9-5-6-10-14)11-16-19(17,18)13-8-4-3-7-12(13)15/h3-4,7-8,16H,2,5-6,9-11H2,1H3. The maximum atomic E-state index is 13.5. The Morgan fingerprint density at radius 1 is 1.26 bits per heavy atom. The van der Waals surface area contributed by atoms with Crippen molar-refractivity contribution in [3.05, 3.63) is 30.1 Å². The third-order valence-electron chi connectivity index (χ3n) is 4.18. The molecule has 1 fully saturated rings. The molecule has 1 N–H and O–H groups in total. The molecule has 106 valence electrons. The monoisotopic (exact) mass is 285 g/mol. The highest BCUT2D eigenvalue weighted by Crippen LogP contribution is 2.40. The number of nitrogens with one attached hydrogen (secondary N) is 1. The third-order valence-corrected chi connectivity index (χ3v) is 5.61. The van der Waals surface area contributed by atoms with E-state index in [0.717, 1.165) is 32.1 Å². The predicted molar refractivity (Wildman–Crippen MR) is 72.8 cm³/mol. The molecule has 0 spiro atoms. The molecule has 0 aromatic heterocycles. The van der Waals surface area contributed by atoms with Crippen LogP contribution < -0.4 is 4.72 Å². The average Bonchev–Trinajstić information content (AvgIpc) is 2.86. The molecule has 2 rings (SSSR count). The summed E-state index contributed by atoms with van der Waals surface area (Å²) in [7, 11) is -3.75. The van der Waals surface area contributed by atoms with Crippen molar-refractivity contribution in [1.82, 2.24) is 4.72 Å². The quantitative estimate of drug-likeness (QED) is 0.903. The van der Waals surface area contributed by atoms with Gasteiger partial charge in [-0.15, -0.1) is 0 Å². The van der Waals surface area contributed by atoms with Gasteiger partial charge in [0.2, 0.25) is 10.0 Å². The lowest BCUT2D eigenvalue weighted by atomic mass is 9.84. The van der Waals surface area contributed by atoms with E-state index in [1.807, 2.05) is 0 Å². The van der Waals surface area contributed by atoms with E-state index in [1.165, 1.54) is 24.3 Å². The van der Waals surface area contributed by atoms with Crippen LogP contribution in [0.4, 0.5) is 4.39 Å². The molecule has 0 amide bonds. The second-order valence-corrected chi connectivity index (χ2v) is 7.05. The van der Waals surface area contributed by atoms with Gasteiger partial charge < -0.3 is 0 Å². The maximum Gasteiger partial charge on any atom is 0.243 e. The fourth-order valence-electron chi connectivity index (χ4n) is 2.77. The van der Waals surface area contributed by atoms with Gasteiger partial charge in [0.15, 0.2) is 0 Å². The van der Waals surface area contributed by atoms with Crippen molar-refractivity contribution in [3.8, 4) is 0 Å². The van der Waals surface area contributed by atoms with Crippen LogP contribution >= 0.6 is 0 Å². The van der Waals surface area contributed by atoms with E-state index in [1.54, 1.807) is 0 Å². The Hall–Kier alpha value is -0.940. The number of sulfonamides is 1. The SMILES string of the molecule is CCC1(CNS(=O)(=O)c2ccccc2F)CCCC1. The van der Waals surface area contributed by atoms with Crippen molar-refractivity contribution in [2.24, 2.45) is 5.41 Å². The van der Waals surface area contributed by atoms with E-state index in [2.05, 4.69) is 11.6 Å². The second kappa shape index (κ2) is 5.59. The Bertz CT molecular complexity index is 536. The first kappa shape index (κ1) is 14.5. The highest BCUT2D eigenvalue weighted by Gasteiger charge is 2.33. The van der Waals surface area contributed by atoms with Gasteiger partial charge in [-0.25, -0.2) is 17.5 Å².